The molecule has 2 atom stereocenters. The predicted octanol–water partition coefficient (Wildman–Crippen LogP) is 3.79. The van der Waals surface area contributed by atoms with Crippen molar-refractivity contribution in [3.63, 3.8) is 0 Å². The Hall–Kier alpha value is -2.28. The summed E-state index contributed by atoms with van der Waals surface area (Å²) >= 11 is 6.27. The second kappa shape index (κ2) is 10.4. The van der Waals surface area contributed by atoms with Gasteiger partial charge in [-0.2, -0.15) is 0 Å². The van der Waals surface area contributed by atoms with Gasteiger partial charge in [0.1, 0.15) is 17.5 Å². The molecule has 2 fully saturated rings. The summed E-state index contributed by atoms with van der Waals surface area (Å²) in [6.45, 7) is 5.33. The molecule has 2 saturated heterocycles. The first-order valence-electron chi connectivity index (χ1n) is 10.8. The van der Waals surface area contributed by atoms with Gasteiger partial charge < -0.3 is 19.1 Å². The van der Waals surface area contributed by atoms with Crippen LogP contribution < -0.4 is 9.47 Å². The number of morpholine rings is 1. The zero-order valence-corrected chi connectivity index (χ0v) is 18.6. The minimum Gasteiger partial charge on any atom is -0.497 e. The van der Waals surface area contributed by atoms with E-state index in [1.165, 1.54) is 0 Å². The Kier molecular flexibility index (Phi) is 7.33. The number of carbonyl (C=O) groups is 1. The summed E-state index contributed by atoms with van der Waals surface area (Å²) in [5, 5.41) is 0.503. The smallest absolute Gasteiger partial charge is 0.266 e. The second-order valence-corrected chi connectivity index (χ2v) is 8.29. The minimum absolute atomic E-state index is 0.000822. The summed E-state index contributed by atoms with van der Waals surface area (Å²) in [6, 6.07) is 14.9. The maximum atomic E-state index is 13.0. The van der Waals surface area contributed by atoms with E-state index in [0.717, 1.165) is 57.0 Å². The van der Waals surface area contributed by atoms with E-state index < -0.39 is 6.10 Å². The first kappa shape index (κ1) is 21.9. The van der Waals surface area contributed by atoms with Gasteiger partial charge in [0.05, 0.1) is 25.3 Å². The van der Waals surface area contributed by atoms with E-state index in [1.807, 2.05) is 41.3 Å². The number of nitrogens with zero attached hydrogens (tertiary/aromatic N) is 2. The molecule has 0 N–H and O–H groups in total. The Morgan fingerprint density at radius 1 is 1.06 bits per heavy atom. The average molecular weight is 445 g/mol. The van der Waals surface area contributed by atoms with E-state index in [4.69, 9.17) is 25.8 Å². The van der Waals surface area contributed by atoms with E-state index in [9.17, 15) is 4.79 Å². The number of carbonyl (C=O) groups excluding carboxylic acids is 1. The highest BCUT2D eigenvalue weighted by atomic mass is 35.5. The first-order chi connectivity index (χ1) is 15.2. The van der Waals surface area contributed by atoms with Gasteiger partial charge >= 0.3 is 0 Å². The average Bonchev–Trinajstić information content (AvgIpc) is 2.81. The van der Waals surface area contributed by atoms with E-state index >= 15 is 0 Å². The molecule has 31 heavy (non-hydrogen) atoms. The maximum Gasteiger partial charge on any atom is 0.266 e. The van der Waals surface area contributed by atoms with Crippen molar-refractivity contribution in [2.45, 2.75) is 25.0 Å². The van der Waals surface area contributed by atoms with Crippen LogP contribution >= 0.6 is 11.6 Å². The molecule has 2 aliphatic rings. The molecule has 0 spiro atoms. The molecule has 7 heteroatoms. The second-order valence-electron chi connectivity index (χ2n) is 7.88. The summed E-state index contributed by atoms with van der Waals surface area (Å²) in [5.74, 6) is 1.29. The number of methoxy groups -OCH3 is 1. The van der Waals surface area contributed by atoms with Crippen LogP contribution in [0.2, 0.25) is 5.02 Å². The van der Waals surface area contributed by atoms with Crippen LogP contribution in [-0.2, 0) is 9.53 Å². The fraction of sp³-hybridized carbons (Fsp3) is 0.458. The van der Waals surface area contributed by atoms with Crippen molar-refractivity contribution in [3.05, 3.63) is 59.1 Å². The number of halogens is 1. The Bertz CT molecular complexity index is 887. The lowest BCUT2D eigenvalue weighted by Gasteiger charge is -2.47. The molecule has 6 nitrogen and oxygen atoms in total. The zero-order valence-electron chi connectivity index (χ0n) is 17.8. The summed E-state index contributed by atoms with van der Waals surface area (Å²) in [5.41, 5.74) is 1.00. The van der Waals surface area contributed by atoms with Gasteiger partial charge in [-0.15, -0.1) is 0 Å². The molecular formula is C24H29ClN2O4. The normalized spacial score (nSPS) is 21.6. The van der Waals surface area contributed by atoms with Gasteiger partial charge in [0, 0.05) is 19.6 Å². The molecule has 0 unspecified atom stereocenters. The third-order valence-electron chi connectivity index (χ3n) is 5.90. The molecular weight excluding hydrogens is 416 g/mol. The standard InChI is InChI=1S/C24H29ClN2O4/c1-29-19-8-6-7-18(17-19)22-23(31-21-10-3-2-9-20(21)25)24(28)27(22)12-5-4-11-26-13-15-30-16-14-26/h2-3,6-10,17,22-23H,4-5,11-16H2,1H3/t22-,23+/m0/s1. The van der Waals surface area contributed by atoms with Crippen molar-refractivity contribution in [1.82, 2.24) is 9.80 Å². The van der Waals surface area contributed by atoms with Crippen molar-refractivity contribution in [2.75, 3.05) is 46.5 Å². The summed E-state index contributed by atoms with van der Waals surface area (Å²) in [7, 11) is 1.65. The maximum absolute atomic E-state index is 13.0. The summed E-state index contributed by atoms with van der Waals surface area (Å²) in [6.07, 6.45) is 1.40. The number of β-lactam (4-membered cyclic amide) rings is 1. The van der Waals surface area contributed by atoms with E-state index in [-0.39, 0.29) is 11.9 Å². The van der Waals surface area contributed by atoms with Gasteiger partial charge in [0.15, 0.2) is 0 Å². The van der Waals surface area contributed by atoms with E-state index in [2.05, 4.69) is 4.90 Å². The van der Waals surface area contributed by atoms with Crippen LogP contribution in [0.1, 0.15) is 24.4 Å². The van der Waals surface area contributed by atoms with Gasteiger partial charge in [0.2, 0.25) is 6.10 Å². The zero-order chi connectivity index (χ0) is 21.6. The molecule has 0 aromatic heterocycles. The number of amides is 1. The van der Waals surface area contributed by atoms with E-state index in [0.29, 0.717) is 17.3 Å². The highest BCUT2D eigenvalue weighted by Gasteiger charge is 2.50. The quantitative estimate of drug-likeness (QED) is 0.435. The van der Waals surface area contributed by atoms with Gasteiger partial charge in [-0.3, -0.25) is 9.69 Å². The van der Waals surface area contributed by atoms with Crippen LogP contribution in [0.25, 0.3) is 0 Å². The fourth-order valence-electron chi connectivity index (χ4n) is 4.18. The summed E-state index contributed by atoms with van der Waals surface area (Å²) < 4.78 is 16.9. The molecule has 1 amide bonds. The number of hydrogen-bond acceptors (Lipinski definition) is 5. The molecule has 2 aromatic rings. The van der Waals surface area contributed by atoms with Crippen LogP contribution in [0.3, 0.4) is 0 Å². The van der Waals surface area contributed by atoms with Crippen LogP contribution in [0.4, 0.5) is 0 Å². The predicted molar refractivity (Wildman–Crippen MR) is 120 cm³/mol. The van der Waals surface area contributed by atoms with Crippen LogP contribution in [-0.4, -0.2) is 68.3 Å². The highest BCUT2D eigenvalue weighted by molar-refractivity contribution is 6.32. The van der Waals surface area contributed by atoms with Crippen molar-refractivity contribution in [3.8, 4) is 11.5 Å². The fourth-order valence-corrected chi connectivity index (χ4v) is 4.36. The van der Waals surface area contributed by atoms with Crippen molar-refractivity contribution >= 4 is 17.5 Å². The number of likely N-dealkylation sites (tertiary alicyclic amines) is 1. The number of unbranched alkanes of at least 4 members (excludes halogenated alkanes) is 1. The molecule has 0 saturated carbocycles. The molecule has 0 bridgehead atoms. The number of para-hydroxylation sites is 1. The Balaban J connectivity index is 1.43. The number of benzene rings is 2. The molecule has 0 radical (unpaired) electrons. The van der Waals surface area contributed by atoms with Gasteiger partial charge in [-0.1, -0.05) is 35.9 Å². The SMILES string of the molecule is COc1cccc([C@H]2[C@@H](Oc3ccccc3Cl)C(=O)N2CCCCN2CCOCC2)c1. The van der Waals surface area contributed by atoms with Gasteiger partial charge in [0.25, 0.3) is 5.91 Å². The van der Waals surface area contributed by atoms with Gasteiger partial charge in [-0.25, -0.2) is 0 Å². The molecule has 2 aromatic carbocycles. The minimum atomic E-state index is -0.591. The monoisotopic (exact) mass is 444 g/mol. The molecule has 0 aliphatic carbocycles. The van der Waals surface area contributed by atoms with E-state index in [1.54, 1.807) is 19.2 Å². The number of rotatable bonds is 9. The third kappa shape index (κ3) is 5.14. The van der Waals surface area contributed by atoms with Crippen molar-refractivity contribution in [2.24, 2.45) is 0 Å². The number of hydrogen-bond donors (Lipinski definition) is 0. The van der Waals surface area contributed by atoms with Gasteiger partial charge in [-0.05, 0) is 49.2 Å². The van der Waals surface area contributed by atoms with Crippen LogP contribution in [0.5, 0.6) is 11.5 Å². The Labute approximate surface area is 188 Å². The molecule has 4 rings (SSSR count). The third-order valence-corrected chi connectivity index (χ3v) is 6.21. The number of ether oxygens (including phenoxy) is 3. The van der Waals surface area contributed by atoms with Crippen LogP contribution in [0, 0.1) is 0 Å². The Morgan fingerprint density at radius 2 is 1.84 bits per heavy atom. The Morgan fingerprint density at radius 3 is 2.61 bits per heavy atom. The topological polar surface area (TPSA) is 51.2 Å². The molecule has 166 valence electrons. The summed E-state index contributed by atoms with van der Waals surface area (Å²) in [4.78, 5) is 17.3. The van der Waals surface area contributed by atoms with Crippen molar-refractivity contribution < 1.29 is 19.0 Å². The lowest BCUT2D eigenvalue weighted by molar-refractivity contribution is -0.164. The highest BCUT2D eigenvalue weighted by Crippen LogP contribution is 2.40. The molecule has 2 aliphatic heterocycles. The largest absolute Gasteiger partial charge is 0.497 e. The first-order valence-corrected chi connectivity index (χ1v) is 11.2. The van der Waals surface area contributed by atoms with Crippen LogP contribution in [0.15, 0.2) is 48.5 Å². The lowest BCUT2D eigenvalue weighted by atomic mass is 9.90. The lowest BCUT2D eigenvalue weighted by Crippen LogP contribution is -2.61. The van der Waals surface area contributed by atoms with Crippen molar-refractivity contribution in [1.29, 1.82) is 0 Å². The molecule has 2 heterocycles.